The first-order valence-corrected chi connectivity index (χ1v) is 6.87. The number of nitrogens with one attached hydrogen (secondary N) is 2. The summed E-state index contributed by atoms with van der Waals surface area (Å²) in [6.45, 7) is 8.19. The fourth-order valence-electron chi connectivity index (χ4n) is 1.28. The van der Waals surface area contributed by atoms with Crippen molar-refractivity contribution in [1.29, 1.82) is 0 Å². The normalized spacial score (nSPS) is 10.8. The van der Waals surface area contributed by atoms with E-state index < -0.39 is 0 Å². The molecule has 1 heterocycles. The number of amides is 1. The maximum Gasteiger partial charge on any atom is 0.222 e. The fraction of sp³-hybridized carbons (Fsp3) is 0.667. The van der Waals surface area contributed by atoms with Crippen LogP contribution in [0.4, 0.5) is 0 Å². The molecule has 0 saturated carbocycles. The van der Waals surface area contributed by atoms with Crippen molar-refractivity contribution in [1.82, 2.24) is 15.6 Å². The lowest BCUT2D eigenvalue weighted by Gasteiger charge is -2.07. The summed E-state index contributed by atoms with van der Waals surface area (Å²) in [5, 5.41) is 7.34. The Morgan fingerprint density at radius 1 is 1.47 bits per heavy atom. The smallest absolute Gasteiger partial charge is 0.222 e. The Bertz CT molecular complexity index is 349. The Kier molecular flexibility index (Phi) is 6.15. The molecule has 0 aliphatic heterocycles. The number of thiazole rings is 1. The van der Waals surface area contributed by atoms with Gasteiger partial charge in [-0.3, -0.25) is 4.79 Å². The second kappa shape index (κ2) is 7.40. The van der Waals surface area contributed by atoms with Crippen LogP contribution in [-0.2, 0) is 17.8 Å². The number of carbonyl (C=O) groups is 1. The van der Waals surface area contributed by atoms with E-state index in [1.54, 1.807) is 11.3 Å². The largest absolute Gasteiger partial charge is 0.355 e. The monoisotopic (exact) mass is 255 g/mol. The minimum Gasteiger partial charge on any atom is -0.355 e. The van der Waals surface area contributed by atoms with Gasteiger partial charge in [0.05, 0.1) is 5.01 Å². The number of nitrogens with zero attached hydrogens (tertiary/aromatic N) is 1. The topological polar surface area (TPSA) is 54.0 Å². The van der Waals surface area contributed by atoms with Crippen LogP contribution in [0.3, 0.4) is 0 Å². The van der Waals surface area contributed by atoms with Crippen LogP contribution in [0.1, 0.15) is 30.7 Å². The summed E-state index contributed by atoms with van der Waals surface area (Å²) in [7, 11) is 0. The summed E-state index contributed by atoms with van der Waals surface area (Å²) >= 11 is 1.74. The SMILES string of the molecule is CCc1ncc(CNCCNC(=O)C(C)C)s1. The Labute approximate surface area is 107 Å². The lowest BCUT2D eigenvalue weighted by Crippen LogP contribution is -2.33. The summed E-state index contributed by atoms with van der Waals surface area (Å²) in [5.41, 5.74) is 0. The van der Waals surface area contributed by atoms with Gasteiger partial charge < -0.3 is 10.6 Å². The number of carbonyl (C=O) groups excluding carboxylic acids is 1. The number of aryl methyl sites for hydroxylation is 1. The van der Waals surface area contributed by atoms with Crippen LogP contribution in [0.25, 0.3) is 0 Å². The number of rotatable bonds is 7. The Balaban J connectivity index is 2.10. The second-order valence-electron chi connectivity index (χ2n) is 4.20. The van der Waals surface area contributed by atoms with Gasteiger partial charge >= 0.3 is 0 Å². The van der Waals surface area contributed by atoms with Crippen LogP contribution in [0.15, 0.2) is 6.20 Å². The van der Waals surface area contributed by atoms with Crippen LogP contribution >= 0.6 is 11.3 Å². The molecular weight excluding hydrogens is 234 g/mol. The highest BCUT2D eigenvalue weighted by atomic mass is 32.1. The molecule has 5 heteroatoms. The predicted molar refractivity (Wildman–Crippen MR) is 71.0 cm³/mol. The first-order chi connectivity index (χ1) is 8.13. The molecule has 1 aromatic heterocycles. The molecule has 0 bridgehead atoms. The van der Waals surface area contributed by atoms with Crippen molar-refractivity contribution in [2.24, 2.45) is 5.92 Å². The molecule has 1 aromatic rings. The average Bonchev–Trinajstić information content (AvgIpc) is 2.76. The molecule has 0 saturated heterocycles. The highest BCUT2D eigenvalue weighted by Crippen LogP contribution is 2.12. The van der Waals surface area contributed by atoms with Crippen molar-refractivity contribution in [3.63, 3.8) is 0 Å². The van der Waals surface area contributed by atoms with Gasteiger partial charge in [-0.1, -0.05) is 20.8 Å². The van der Waals surface area contributed by atoms with E-state index in [1.807, 2.05) is 20.0 Å². The maximum atomic E-state index is 11.3. The first kappa shape index (κ1) is 14.1. The number of hydrogen-bond donors (Lipinski definition) is 2. The van der Waals surface area contributed by atoms with Crippen LogP contribution in [0, 0.1) is 5.92 Å². The number of aromatic nitrogens is 1. The van der Waals surface area contributed by atoms with E-state index >= 15 is 0 Å². The maximum absolute atomic E-state index is 11.3. The third kappa shape index (κ3) is 5.28. The molecule has 2 N–H and O–H groups in total. The molecule has 96 valence electrons. The van der Waals surface area contributed by atoms with Gasteiger partial charge in [0.15, 0.2) is 0 Å². The summed E-state index contributed by atoms with van der Waals surface area (Å²) in [4.78, 5) is 16.8. The van der Waals surface area contributed by atoms with E-state index in [0.717, 1.165) is 19.5 Å². The van der Waals surface area contributed by atoms with Gasteiger partial charge in [0, 0.05) is 36.6 Å². The van der Waals surface area contributed by atoms with Gasteiger partial charge in [-0.2, -0.15) is 0 Å². The third-order valence-corrected chi connectivity index (χ3v) is 3.47. The number of hydrogen-bond acceptors (Lipinski definition) is 4. The summed E-state index contributed by atoms with van der Waals surface area (Å²) in [6.07, 6.45) is 2.91. The highest BCUT2D eigenvalue weighted by molar-refractivity contribution is 7.11. The van der Waals surface area contributed by atoms with Gasteiger partial charge in [-0.15, -0.1) is 11.3 Å². The molecule has 0 atom stereocenters. The molecule has 1 rings (SSSR count). The predicted octanol–water partition coefficient (Wildman–Crippen LogP) is 1.57. The molecule has 0 radical (unpaired) electrons. The van der Waals surface area contributed by atoms with E-state index in [4.69, 9.17) is 0 Å². The zero-order chi connectivity index (χ0) is 12.7. The molecule has 17 heavy (non-hydrogen) atoms. The van der Waals surface area contributed by atoms with Crippen molar-refractivity contribution in [2.75, 3.05) is 13.1 Å². The molecule has 0 unspecified atom stereocenters. The minimum atomic E-state index is 0.0589. The van der Waals surface area contributed by atoms with E-state index in [-0.39, 0.29) is 11.8 Å². The summed E-state index contributed by atoms with van der Waals surface area (Å²) < 4.78 is 0. The van der Waals surface area contributed by atoms with Crippen molar-refractivity contribution in [3.8, 4) is 0 Å². The van der Waals surface area contributed by atoms with Gasteiger partial charge in [-0.05, 0) is 6.42 Å². The molecule has 0 aliphatic carbocycles. The zero-order valence-corrected chi connectivity index (χ0v) is 11.6. The Morgan fingerprint density at radius 2 is 2.24 bits per heavy atom. The van der Waals surface area contributed by atoms with Crippen molar-refractivity contribution >= 4 is 17.2 Å². The molecular formula is C12H21N3OS. The summed E-state index contributed by atoms with van der Waals surface area (Å²) in [5.74, 6) is 0.168. The fourth-order valence-corrected chi connectivity index (χ4v) is 2.12. The lowest BCUT2D eigenvalue weighted by atomic mass is 10.2. The van der Waals surface area contributed by atoms with Crippen molar-refractivity contribution in [2.45, 2.75) is 33.7 Å². The minimum absolute atomic E-state index is 0.0589. The Hall–Kier alpha value is -0.940. The molecule has 0 fully saturated rings. The third-order valence-electron chi connectivity index (χ3n) is 2.33. The zero-order valence-electron chi connectivity index (χ0n) is 10.7. The summed E-state index contributed by atoms with van der Waals surface area (Å²) in [6, 6.07) is 0. The van der Waals surface area contributed by atoms with Crippen LogP contribution in [0.5, 0.6) is 0 Å². The molecule has 1 amide bonds. The van der Waals surface area contributed by atoms with E-state index in [2.05, 4.69) is 22.5 Å². The molecule has 0 aliphatic rings. The standard InChI is InChI=1S/C12H21N3OS/c1-4-11-15-8-10(17-11)7-13-5-6-14-12(16)9(2)3/h8-9,13H,4-7H2,1-3H3,(H,14,16). The quantitative estimate of drug-likeness (QED) is 0.727. The van der Waals surface area contributed by atoms with Crippen molar-refractivity contribution in [3.05, 3.63) is 16.1 Å². The van der Waals surface area contributed by atoms with Gasteiger partial charge in [-0.25, -0.2) is 4.98 Å². The van der Waals surface area contributed by atoms with Gasteiger partial charge in [0.25, 0.3) is 0 Å². The van der Waals surface area contributed by atoms with E-state index in [1.165, 1.54) is 9.88 Å². The van der Waals surface area contributed by atoms with E-state index in [0.29, 0.717) is 6.54 Å². The highest BCUT2D eigenvalue weighted by Gasteiger charge is 2.04. The van der Waals surface area contributed by atoms with Crippen LogP contribution in [0.2, 0.25) is 0 Å². The second-order valence-corrected chi connectivity index (χ2v) is 5.40. The average molecular weight is 255 g/mol. The first-order valence-electron chi connectivity index (χ1n) is 6.05. The van der Waals surface area contributed by atoms with Crippen LogP contribution in [-0.4, -0.2) is 24.0 Å². The van der Waals surface area contributed by atoms with Crippen molar-refractivity contribution < 1.29 is 4.79 Å². The molecule has 4 nitrogen and oxygen atoms in total. The Morgan fingerprint density at radius 3 is 2.82 bits per heavy atom. The molecule has 0 aromatic carbocycles. The van der Waals surface area contributed by atoms with Crippen LogP contribution < -0.4 is 10.6 Å². The molecule has 0 spiro atoms. The van der Waals surface area contributed by atoms with E-state index in [9.17, 15) is 4.79 Å². The van der Waals surface area contributed by atoms with Gasteiger partial charge in [0.1, 0.15) is 0 Å². The lowest BCUT2D eigenvalue weighted by molar-refractivity contribution is -0.123. The van der Waals surface area contributed by atoms with Gasteiger partial charge in [0.2, 0.25) is 5.91 Å².